The van der Waals surface area contributed by atoms with Crippen molar-refractivity contribution in [1.29, 1.82) is 0 Å². The molecule has 0 aliphatic heterocycles. The summed E-state index contributed by atoms with van der Waals surface area (Å²) in [6, 6.07) is 13.8. The Morgan fingerprint density at radius 3 is 2.33 bits per heavy atom. The minimum absolute atomic E-state index is 0. The van der Waals surface area contributed by atoms with E-state index in [1.165, 1.54) is 0 Å². The normalized spacial score (nSPS) is 11.5. The van der Waals surface area contributed by atoms with E-state index >= 15 is 0 Å². The average molecular weight is 393 g/mol. The van der Waals surface area contributed by atoms with E-state index in [4.69, 9.17) is 9.47 Å². The molecule has 0 saturated heterocycles. The van der Waals surface area contributed by atoms with Crippen LogP contribution in [0.3, 0.4) is 0 Å². The lowest BCUT2D eigenvalue weighted by atomic mass is 10.0. The third-order valence-corrected chi connectivity index (χ3v) is 4.18. The summed E-state index contributed by atoms with van der Waals surface area (Å²) in [5, 5.41) is 2.95. The lowest BCUT2D eigenvalue weighted by Gasteiger charge is -2.26. The van der Waals surface area contributed by atoms with Crippen LogP contribution in [0.1, 0.15) is 22.7 Å². The summed E-state index contributed by atoms with van der Waals surface area (Å²) in [6.07, 6.45) is 0. The monoisotopic (exact) mass is 392 g/mol. The van der Waals surface area contributed by atoms with Crippen molar-refractivity contribution in [2.24, 2.45) is 0 Å². The maximum Gasteiger partial charge on any atom is 0.258 e. The molecule has 1 amide bonds. The molecule has 0 bridgehead atoms. The van der Waals surface area contributed by atoms with Crippen LogP contribution in [0.2, 0.25) is 0 Å². The molecular weight excluding hydrogens is 364 g/mol. The molecule has 1 atom stereocenters. The molecule has 0 spiro atoms. The largest absolute Gasteiger partial charge is 0.496 e. The molecule has 0 aliphatic rings. The van der Waals surface area contributed by atoms with Gasteiger partial charge in [0.25, 0.3) is 5.91 Å². The number of hydrogen-bond donors (Lipinski definition) is 1. The molecule has 0 heterocycles. The minimum atomic E-state index is -0.147. The third-order valence-electron chi connectivity index (χ3n) is 4.18. The van der Waals surface area contributed by atoms with Crippen LogP contribution in [0.15, 0.2) is 42.5 Å². The van der Waals surface area contributed by atoms with Crippen LogP contribution in [-0.4, -0.2) is 45.2 Å². The van der Waals surface area contributed by atoms with Gasteiger partial charge in [-0.25, -0.2) is 0 Å². The summed E-state index contributed by atoms with van der Waals surface area (Å²) in [7, 11) is 5.62. The highest BCUT2D eigenvalue weighted by Crippen LogP contribution is 2.27. The van der Waals surface area contributed by atoms with Gasteiger partial charge >= 0.3 is 0 Å². The molecule has 6 heteroatoms. The second kappa shape index (κ2) is 10.8. The SMILES string of the molecule is COc1ccccc1C(CNC(=O)COc1cc(C)cc(C)c1)N(C)C.Cl. The number of methoxy groups -OCH3 is 1. The number of benzene rings is 2. The summed E-state index contributed by atoms with van der Waals surface area (Å²) in [6.45, 7) is 4.49. The number of ether oxygens (including phenoxy) is 2. The van der Waals surface area contributed by atoms with Crippen LogP contribution in [0.25, 0.3) is 0 Å². The molecule has 1 N–H and O–H groups in total. The zero-order valence-corrected chi connectivity index (χ0v) is 17.4. The van der Waals surface area contributed by atoms with Crippen molar-refractivity contribution in [2.45, 2.75) is 19.9 Å². The lowest BCUT2D eigenvalue weighted by Crippen LogP contribution is -2.37. The van der Waals surface area contributed by atoms with Crippen LogP contribution < -0.4 is 14.8 Å². The second-order valence-electron chi connectivity index (χ2n) is 6.64. The molecule has 1 unspecified atom stereocenters. The van der Waals surface area contributed by atoms with Gasteiger partial charge in [0.15, 0.2) is 6.61 Å². The molecular formula is C21H29ClN2O3. The average Bonchev–Trinajstić information content (AvgIpc) is 2.59. The van der Waals surface area contributed by atoms with Gasteiger partial charge in [0, 0.05) is 12.1 Å². The van der Waals surface area contributed by atoms with Gasteiger partial charge in [-0.2, -0.15) is 0 Å². The highest BCUT2D eigenvalue weighted by molar-refractivity contribution is 5.85. The van der Waals surface area contributed by atoms with Crippen molar-refractivity contribution in [3.8, 4) is 11.5 Å². The van der Waals surface area contributed by atoms with Crippen LogP contribution in [0.4, 0.5) is 0 Å². The van der Waals surface area contributed by atoms with E-state index in [1.54, 1.807) is 7.11 Å². The van der Waals surface area contributed by atoms with Gasteiger partial charge in [-0.1, -0.05) is 24.3 Å². The number of rotatable bonds is 8. The fraction of sp³-hybridized carbons (Fsp3) is 0.381. The van der Waals surface area contributed by atoms with E-state index < -0.39 is 0 Å². The fourth-order valence-corrected chi connectivity index (χ4v) is 2.94. The smallest absolute Gasteiger partial charge is 0.258 e. The molecule has 0 fully saturated rings. The Hall–Kier alpha value is -2.24. The Morgan fingerprint density at radius 2 is 1.74 bits per heavy atom. The number of nitrogens with zero attached hydrogens (tertiary/aromatic N) is 1. The van der Waals surface area contributed by atoms with E-state index in [0.29, 0.717) is 12.3 Å². The Bertz CT molecular complexity index is 730. The van der Waals surface area contributed by atoms with Crippen molar-refractivity contribution >= 4 is 18.3 Å². The predicted molar refractivity (Wildman–Crippen MR) is 111 cm³/mol. The fourth-order valence-electron chi connectivity index (χ4n) is 2.94. The molecule has 148 valence electrons. The number of hydrogen-bond acceptors (Lipinski definition) is 4. The van der Waals surface area contributed by atoms with Crippen molar-refractivity contribution in [2.75, 3.05) is 34.4 Å². The minimum Gasteiger partial charge on any atom is -0.496 e. The van der Waals surface area contributed by atoms with Crippen LogP contribution in [-0.2, 0) is 4.79 Å². The summed E-state index contributed by atoms with van der Waals surface area (Å²) >= 11 is 0. The van der Waals surface area contributed by atoms with Gasteiger partial charge in [0.1, 0.15) is 11.5 Å². The molecule has 2 aromatic carbocycles. The van der Waals surface area contributed by atoms with Crippen molar-refractivity contribution in [1.82, 2.24) is 10.2 Å². The number of nitrogens with one attached hydrogen (secondary N) is 1. The first-order valence-electron chi connectivity index (χ1n) is 8.68. The number of carbonyl (C=O) groups excluding carboxylic acids is 1. The second-order valence-corrected chi connectivity index (χ2v) is 6.64. The Morgan fingerprint density at radius 1 is 1.11 bits per heavy atom. The van der Waals surface area contributed by atoms with Gasteiger partial charge in [-0.3, -0.25) is 4.79 Å². The topological polar surface area (TPSA) is 50.8 Å². The molecule has 2 rings (SSSR count). The summed E-state index contributed by atoms with van der Waals surface area (Å²) < 4.78 is 11.1. The van der Waals surface area contributed by atoms with Crippen molar-refractivity contribution in [3.05, 3.63) is 59.2 Å². The number of amides is 1. The summed E-state index contributed by atoms with van der Waals surface area (Å²) in [5.41, 5.74) is 3.27. The molecule has 5 nitrogen and oxygen atoms in total. The zero-order chi connectivity index (χ0) is 19.1. The quantitative estimate of drug-likeness (QED) is 0.746. The van der Waals surface area contributed by atoms with Gasteiger partial charge < -0.3 is 19.7 Å². The standard InChI is InChI=1S/C21H28N2O3.ClH/c1-15-10-16(2)12-17(11-15)26-14-21(24)22-13-19(23(3)4)18-8-6-7-9-20(18)25-5;/h6-12,19H,13-14H2,1-5H3,(H,22,24);1H. The number of likely N-dealkylation sites (N-methyl/N-ethyl adjacent to an activating group) is 1. The molecule has 0 saturated carbocycles. The summed E-state index contributed by atoms with van der Waals surface area (Å²) in [5.74, 6) is 1.38. The van der Waals surface area contributed by atoms with E-state index in [0.717, 1.165) is 22.4 Å². The zero-order valence-electron chi connectivity index (χ0n) is 16.6. The Kier molecular flexibility index (Phi) is 9.12. The summed E-state index contributed by atoms with van der Waals surface area (Å²) in [4.78, 5) is 14.3. The molecule has 2 aromatic rings. The van der Waals surface area contributed by atoms with Crippen LogP contribution in [0, 0.1) is 13.8 Å². The molecule has 0 aromatic heterocycles. The number of carbonyl (C=O) groups is 1. The predicted octanol–water partition coefficient (Wildman–Crippen LogP) is 3.53. The van der Waals surface area contributed by atoms with E-state index in [2.05, 4.69) is 16.3 Å². The van der Waals surface area contributed by atoms with Gasteiger partial charge in [0.05, 0.1) is 13.2 Å². The first-order valence-corrected chi connectivity index (χ1v) is 8.68. The molecule has 0 radical (unpaired) electrons. The van der Waals surface area contributed by atoms with Gasteiger partial charge in [0.2, 0.25) is 0 Å². The Labute approximate surface area is 168 Å². The Balaban J connectivity index is 0.00000364. The van der Waals surface area contributed by atoms with E-state index in [-0.39, 0.29) is 31.0 Å². The molecule has 27 heavy (non-hydrogen) atoms. The number of halogens is 1. The van der Waals surface area contributed by atoms with Crippen LogP contribution >= 0.6 is 12.4 Å². The maximum absolute atomic E-state index is 12.2. The van der Waals surface area contributed by atoms with E-state index in [9.17, 15) is 4.79 Å². The van der Waals surface area contributed by atoms with Crippen molar-refractivity contribution < 1.29 is 14.3 Å². The third kappa shape index (κ3) is 6.77. The van der Waals surface area contributed by atoms with Gasteiger partial charge in [-0.15, -0.1) is 12.4 Å². The maximum atomic E-state index is 12.2. The number of aryl methyl sites for hydroxylation is 2. The lowest BCUT2D eigenvalue weighted by molar-refractivity contribution is -0.123. The highest BCUT2D eigenvalue weighted by Gasteiger charge is 2.19. The van der Waals surface area contributed by atoms with E-state index in [1.807, 2.05) is 64.3 Å². The first kappa shape index (κ1) is 22.8. The van der Waals surface area contributed by atoms with Crippen molar-refractivity contribution in [3.63, 3.8) is 0 Å². The highest BCUT2D eigenvalue weighted by atomic mass is 35.5. The number of para-hydroxylation sites is 1. The molecule has 0 aliphatic carbocycles. The van der Waals surface area contributed by atoms with Crippen LogP contribution in [0.5, 0.6) is 11.5 Å². The van der Waals surface area contributed by atoms with Gasteiger partial charge in [-0.05, 0) is 57.3 Å². The first-order chi connectivity index (χ1) is 12.4.